The second kappa shape index (κ2) is 10.5. The minimum Gasteiger partial charge on any atom is -0.488 e. The molecule has 0 saturated carbocycles. The number of fused-ring (bicyclic) bond motifs is 2. The molecule has 0 spiro atoms. The van der Waals surface area contributed by atoms with Crippen molar-refractivity contribution in [2.24, 2.45) is 0 Å². The van der Waals surface area contributed by atoms with E-state index in [2.05, 4.69) is 9.97 Å². The van der Waals surface area contributed by atoms with E-state index in [0.717, 1.165) is 6.07 Å². The smallest absolute Gasteiger partial charge is 0.177 e. The third-order valence-electron chi connectivity index (χ3n) is 7.24. The molecule has 3 aromatic carbocycles. The summed E-state index contributed by atoms with van der Waals surface area (Å²) in [5.41, 5.74) is 7.74. The fourth-order valence-electron chi connectivity index (χ4n) is 5.37. The van der Waals surface area contributed by atoms with E-state index < -0.39 is 41.3 Å². The van der Waals surface area contributed by atoms with E-state index in [1.807, 2.05) is 0 Å². The van der Waals surface area contributed by atoms with Gasteiger partial charge < -0.3 is 15.2 Å². The van der Waals surface area contributed by atoms with Crippen molar-refractivity contribution in [3.05, 3.63) is 95.6 Å². The first-order valence-corrected chi connectivity index (χ1v) is 13.3. The molecule has 0 amide bonds. The van der Waals surface area contributed by atoms with Gasteiger partial charge in [-0.15, -0.1) is 0 Å². The number of aromatic nitrogens is 4. The summed E-state index contributed by atoms with van der Waals surface area (Å²) in [6.07, 6.45) is 0.144. The van der Waals surface area contributed by atoms with Crippen LogP contribution in [0.3, 0.4) is 0 Å². The van der Waals surface area contributed by atoms with Gasteiger partial charge in [-0.2, -0.15) is 5.10 Å². The summed E-state index contributed by atoms with van der Waals surface area (Å²) in [6, 6.07) is 13.1. The normalized spacial score (nSPS) is 17.3. The number of halogens is 3. The van der Waals surface area contributed by atoms with Crippen LogP contribution in [0.25, 0.3) is 22.3 Å². The van der Waals surface area contributed by atoms with Crippen molar-refractivity contribution >= 4 is 22.6 Å². The topological polar surface area (TPSA) is 105 Å². The Bertz CT molecular complexity index is 1840. The second-order valence-corrected chi connectivity index (χ2v) is 10.4. The molecule has 1 aliphatic heterocycles. The molecule has 5 aromatic rings. The molecule has 11 heteroatoms. The van der Waals surface area contributed by atoms with Crippen LogP contribution in [0.2, 0.25) is 0 Å². The highest BCUT2D eigenvalue weighted by atomic mass is 19.1. The third-order valence-corrected chi connectivity index (χ3v) is 7.24. The zero-order chi connectivity index (χ0) is 29.7. The van der Waals surface area contributed by atoms with Crippen molar-refractivity contribution in [2.45, 2.75) is 44.9 Å². The fraction of sp³-hybridized carbons (Fsp3) is 0.226. The molecular weight excluding hydrogens is 547 g/mol. The lowest BCUT2D eigenvalue weighted by Crippen LogP contribution is -2.41. The largest absolute Gasteiger partial charge is 0.488 e. The standard InChI is InChI=1S/C31H26F3N5O3/c1-15(2)41-24-9-7-18(12-22(24)34)27-26-30(35)36-14-37-31(26)39(38-27)16(3)29-25(17-5-4-6-19(32)11-17)28(40)21-13-20(33)8-10-23(21)42-29/h4-16,25,29H,1-3H3,(H2,35,36,37). The summed E-state index contributed by atoms with van der Waals surface area (Å²) in [6.45, 7) is 5.37. The number of carbonyl (C=O) groups is 1. The molecule has 2 N–H and O–H groups in total. The molecule has 0 bridgehead atoms. The van der Waals surface area contributed by atoms with Crippen molar-refractivity contribution in [1.29, 1.82) is 0 Å². The summed E-state index contributed by atoms with van der Waals surface area (Å²) in [5, 5.41) is 5.15. The SMILES string of the molecule is CC(C)Oc1ccc(-c2nn(C(C)C3Oc4ccc(F)cc4C(=O)C3c3cccc(F)c3)c3ncnc(N)c23)cc1F. The van der Waals surface area contributed by atoms with Crippen LogP contribution in [-0.2, 0) is 0 Å². The van der Waals surface area contributed by atoms with Crippen LogP contribution in [0.4, 0.5) is 19.0 Å². The van der Waals surface area contributed by atoms with Gasteiger partial charge in [-0.3, -0.25) is 4.79 Å². The minimum atomic E-state index is -1.00. The van der Waals surface area contributed by atoms with E-state index in [0.29, 0.717) is 27.9 Å². The van der Waals surface area contributed by atoms with Gasteiger partial charge in [-0.1, -0.05) is 12.1 Å². The van der Waals surface area contributed by atoms with Crippen LogP contribution < -0.4 is 15.2 Å². The van der Waals surface area contributed by atoms with E-state index in [1.165, 1.54) is 53.5 Å². The van der Waals surface area contributed by atoms with E-state index in [4.69, 9.17) is 20.3 Å². The number of carbonyl (C=O) groups excluding carboxylic acids is 1. The third kappa shape index (κ3) is 4.70. The number of ether oxygens (including phenoxy) is 2. The number of benzene rings is 3. The highest BCUT2D eigenvalue weighted by Gasteiger charge is 2.43. The van der Waals surface area contributed by atoms with E-state index in [1.54, 1.807) is 32.9 Å². The van der Waals surface area contributed by atoms with Crippen LogP contribution in [0, 0.1) is 17.5 Å². The maximum absolute atomic E-state index is 15.0. The Labute approximate surface area is 238 Å². The van der Waals surface area contributed by atoms with Crippen molar-refractivity contribution < 1.29 is 27.4 Å². The predicted molar refractivity (Wildman–Crippen MR) is 150 cm³/mol. The highest BCUT2D eigenvalue weighted by molar-refractivity contribution is 6.05. The molecule has 0 radical (unpaired) electrons. The van der Waals surface area contributed by atoms with Gasteiger partial charge in [-0.25, -0.2) is 27.8 Å². The molecule has 0 saturated heterocycles. The Morgan fingerprint density at radius 2 is 1.76 bits per heavy atom. The molecule has 3 atom stereocenters. The quantitative estimate of drug-likeness (QED) is 0.255. The van der Waals surface area contributed by atoms with Crippen LogP contribution in [0.15, 0.2) is 67.0 Å². The first-order valence-electron chi connectivity index (χ1n) is 13.3. The summed E-state index contributed by atoms with van der Waals surface area (Å²) in [4.78, 5) is 22.3. The molecule has 2 aromatic heterocycles. The van der Waals surface area contributed by atoms with Gasteiger partial charge >= 0.3 is 0 Å². The molecule has 1 aliphatic rings. The van der Waals surface area contributed by atoms with Gasteiger partial charge in [0.25, 0.3) is 0 Å². The van der Waals surface area contributed by atoms with Gasteiger partial charge in [0, 0.05) is 5.56 Å². The predicted octanol–water partition coefficient (Wildman–Crippen LogP) is 6.27. The Balaban J connectivity index is 1.49. The maximum atomic E-state index is 15.0. The number of ketones is 1. The van der Waals surface area contributed by atoms with Crippen LogP contribution in [0.5, 0.6) is 11.5 Å². The zero-order valence-corrected chi connectivity index (χ0v) is 22.9. The van der Waals surface area contributed by atoms with Gasteiger partial charge in [0.1, 0.15) is 41.3 Å². The number of hydrogen-bond donors (Lipinski definition) is 1. The average Bonchev–Trinajstić information content (AvgIpc) is 3.35. The molecule has 0 fully saturated rings. The number of nitrogens with zero attached hydrogens (tertiary/aromatic N) is 4. The molecule has 214 valence electrons. The van der Waals surface area contributed by atoms with E-state index in [9.17, 15) is 18.0 Å². The molecular formula is C31H26F3N5O3. The lowest BCUT2D eigenvalue weighted by Gasteiger charge is -2.36. The maximum Gasteiger partial charge on any atom is 0.177 e. The lowest BCUT2D eigenvalue weighted by atomic mass is 9.81. The Hall–Kier alpha value is -4.93. The summed E-state index contributed by atoms with van der Waals surface area (Å²) < 4.78 is 56.9. The summed E-state index contributed by atoms with van der Waals surface area (Å²) in [7, 11) is 0. The molecule has 6 rings (SSSR count). The number of rotatable bonds is 6. The van der Waals surface area contributed by atoms with Crippen molar-refractivity contribution in [3.63, 3.8) is 0 Å². The molecule has 3 heterocycles. The number of nitrogen functional groups attached to an aromatic ring is 1. The lowest BCUT2D eigenvalue weighted by molar-refractivity contribution is 0.0657. The second-order valence-electron chi connectivity index (χ2n) is 10.4. The average molecular weight is 574 g/mol. The van der Waals surface area contributed by atoms with Crippen LogP contribution in [0.1, 0.15) is 48.7 Å². The fourth-order valence-corrected chi connectivity index (χ4v) is 5.37. The van der Waals surface area contributed by atoms with Gasteiger partial charge in [0.2, 0.25) is 0 Å². The number of anilines is 1. The van der Waals surface area contributed by atoms with E-state index >= 15 is 0 Å². The van der Waals surface area contributed by atoms with Gasteiger partial charge in [-0.05, 0) is 74.9 Å². The Kier molecular flexibility index (Phi) is 6.80. The van der Waals surface area contributed by atoms with Gasteiger partial charge in [0.05, 0.1) is 29.0 Å². The number of nitrogens with two attached hydrogens (primary N) is 1. The van der Waals surface area contributed by atoms with Crippen molar-refractivity contribution in [2.75, 3.05) is 5.73 Å². The Morgan fingerprint density at radius 3 is 2.50 bits per heavy atom. The molecule has 42 heavy (non-hydrogen) atoms. The van der Waals surface area contributed by atoms with E-state index in [-0.39, 0.29) is 29.0 Å². The summed E-state index contributed by atoms with van der Waals surface area (Å²) >= 11 is 0. The first kappa shape index (κ1) is 27.3. The number of hydrogen-bond acceptors (Lipinski definition) is 7. The van der Waals surface area contributed by atoms with Crippen molar-refractivity contribution in [3.8, 4) is 22.8 Å². The number of Topliss-reactive ketones (excluding diaryl/α,β-unsaturated/α-hetero) is 1. The van der Waals surface area contributed by atoms with Gasteiger partial charge in [0.15, 0.2) is 23.0 Å². The summed E-state index contributed by atoms with van der Waals surface area (Å²) in [5.74, 6) is -2.72. The molecule has 3 unspecified atom stereocenters. The zero-order valence-electron chi connectivity index (χ0n) is 22.9. The Morgan fingerprint density at radius 1 is 0.976 bits per heavy atom. The highest BCUT2D eigenvalue weighted by Crippen LogP contribution is 2.42. The van der Waals surface area contributed by atoms with Crippen LogP contribution >= 0.6 is 0 Å². The monoisotopic (exact) mass is 573 g/mol. The first-order chi connectivity index (χ1) is 20.1. The molecule has 8 nitrogen and oxygen atoms in total. The van der Waals surface area contributed by atoms with Crippen LogP contribution in [-0.4, -0.2) is 37.7 Å². The minimum absolute atomic E-state index is 0.0597. The van der Waals surface area contributed by atoms with Crippen molar-refractivity contribution in [1.82, 2.24) is 19.7 Å². The molecule has 0 aliphatic carbocycles.